The Morgan fingerprint density at radius 3 is 1.63 bits per heavy atom. The highest BCUT2D eigenvalue weighted by molar-refractivity contribution is 5.94. The Bertz CT molecular complexity index is 1420. The van der Waals surface area contributed by atoms with Crippen LogP contribution in [0.15, 0.2) is 109 Å². The Morgan fingerprint density at radius 1 is 0.684 bits per heavy atom. The van der Waals surface area contributed by atoms with E-state index in [0.717, 1.165) is 0 Å². The molecule has 0 saturated carbocycles. The van der Waals surface area contributed by atoms with Gasteiger partial charge in [-0.15, -0.1) is 0 Å². The number of hydrazine groups is 1. The van der Waals surface area contributed by atoms with Crippen LogP contribution in [-0.4, -0.2) is 27.0 Å². The van der Waals surface area contributed by atoms with Gasteiger partial charge in [0, 0.05) is 29.2 Å². The van der Waals surface area contributed by atoms with Gasteiger partial charge in [0.05, 0.1) is 18.0 Å². The fraction of sp³-hybridized carbons (Fsp3) is 0.0714. The second kappa shape index (κ2) is 12.0. The number of amides is 4. The van der Waals surface area contributed by atoms with Crippen molar-refractivity contribution in [3.63, 3.8) is 0 Å². The first-order valence-electron chi connectivity index (χ1n) is 11.7. The van der Waals surface area contributed by atoms with Crippen molar-refractivity contribution >= 4 is 34.8 Å². The van der Waals surface area contributed by atoms with Crippen LogP contribution in [0.4, 0.5) is 32.3 Å². The number of para-hydroxylation sites is 2. The molecule has 0 bridgehead atoms. The van der Waals surface area contributed by atoms with Crippen LogP contribution < -0.4 is 16.4 Å². The predicted molar refractivity (Wildman–Crippen MR) is 146 cm³/mol. The summed E-state index contributed by atoms with van der Waals surface area (Å²) < 4.78 is 0. The molecular formula is C28H26N6O4. The number of nitrogen functional groups attached to an aromatic ring is 1. The molecule has 192 valence electrons. The van der Waals surface area contributed by atoms with Crippen LogP contribution in [0.3, 0.4) is 0 Å². The fourth-order valence-electron chi connectivity index (χ4n) is 3.76. The molecule has 0 spiro atoms. The number of nitrogens with one attached hydrogen (secondary N) is 2. The highest BCUT2D eigenvalue weighted by Gasteiger charge is 2.28. The van der Waals surface area contributed by atoms with E-state index in [9.17, 15) is 19.7 Å². The number of nitrogens with zero attached hydrogens (tertiary/aromatic N) is 3. The van der Waals surface area contributed by atoms with E-state index in [0.29, 0.717) is 28.2 Å². The monoisotopic (exact) mass is 510 g/mol. The number of hydrogen-bond acceptors (Lipinski definition) is 5. The van der Waals surface area contributed by atoms with Gasteiger partial charge in [0.15, 0.2) is 0 Å². The number of non-ortho nitro benzene ring substituents is 1. The Morgan fingerprint density at radius 2 is 1.16 bits per heavy atom. The van der Waals surface area contributed by atoms with Crippen LogP contribution in [0.5, 0.6) is 0 Å². The molecule has 4 aromatic carbocycles. The van der Waals surface area contributed by atoms with Gasteiger partial charge in [-0.1, -0.05) is 60.7 Å². The zero-order chi connectivity index (χ0) is 26.9. The third kappa shape index (κ3) is 6.85. The van der Waals surface area contributed by atoms with Gasteiger partial charge >= 0.3 is 12.1 Å². The summed E-state index contributed by atoms with van der Waals surface area (Å²) in [7, 11) is 0. The molecule has 0 atom stereocenters. The summed E-state index contributed by atoms with van der Waals surface area (Å²) in [5.41, 5.74) is 8.55. The first kappa shape index (κ1) is 25.7. The number of benzene rings is 4. The topological polar surface area (TPSA) is 134 Å². The van der Waals surface area contributed by atoms with Gasteiger partial charge in [-0.05, 0) is 47.5 Å². The van der Waals surface area contributed by atoms with Gasteiger partial charge < -0.3 is 16.4 Å². The third-order valence-corrected chi connectivity index (χ3v) is 5.55. The van der Waals surface area contributed by atoms with Crippen molar-refractivity contribution in [1.82, 2.24) is 10.0 Å². The molecule has 0 aromatic heterocycles. The molecule has 0 aliphatic rings. The van der Waals surface area contributed by atoms with E-state index in [1.807, 2.05) is 12.1 Å². The van der Waals surface area contributed by atoms with E-state index in [1.165, 1.54) is 28.2 Å². The summed E-state index contributed by atoms with van der Waals surface area (Å²) >= 11 is 0. The summed E-state index contributed by atoms with van der Waals surface area (Å²) in [6, 6.07) is 29.4. The molecule has 4 amide bonds. The minimum absolute atomic E-state index is 0.000837. The molecule has 4 N–H and O–H groups in total. The van der Waals surface area contributed by atoms with Crippen molar-refractivity contribution in [2.75, 3.05) is 16.4 Å². The lowest BCUT2D eigenvalue weighted by atomic mass is 10.2. The first-order chi connectivity index (χ1) is 18.4. The van der Waals surface area contributed by atoms with Crippen molar-refractivity contribution in [2.45, 2.75) is 13.1 Å². The first-order valence-corrected chi connectivity index (χ1v) is 11.7. The summed E-state index contributed by atoms with van der Waals surface area (Å²) in [5, 5.41) is 19.4. The Hall–Kier alpha value is -5.38. The zero-order valence-electron chi connectivity index (χ0n) is 20.4. The number of nitro benzene ring substituents is 1. The molecule has 0 heterocycles. The summed E-state index contributed by atoms with van der Waals surface area (Å²) in [6.45, 7) is -0.119. The SMILES string of the molecule is Nc1cccc(CN(C(=O)Nc2ccccc2)N(Cc2cccc([N+](=O)[O-])c2)C(=O)Nc2ccccc2)c1. The predicted octanol–water partition coefficient (Wildman–Crippen LogP) is 5.86. The minimum atomic E-state index is -0.602. The smallest absolute Gasteiger partial charge is 0.341 e. The second-order valence-corrected chi connectivity index (χ2v) is 8.38. The molecule has 4 rings (SSSR count). The summed E-state index contributed by atoms with van der Waals surface area (Å²) in [5.74, 6) is 0. The van der Waals surface area contributed by atoms with E-state index in [1.54, 1.807) is 78.9 Å². The lowest BCUT2D eigenvalue weighted by Gasteiger charge is -2.35. The number of carbonyl (C=O) groups is 2. The van der Waals surface area contributed by atoms with Gasteiger partial charge in [-0.25, -0.2) is 19.6 Å². The van der Waals surface area contributed by atoms with Gasteiger partial charge in [-0.3, -0.25) is 10.1 Å². The van der Waals surface area contributed by atoms with Crippen molar-refractivity contribution in [1.29, 1.82) is 0 Å². The molecular weight excluding hydrogens is 484 g/mol. The molecule has 0 radical (unpaired) electrons. The van der Waals surface area contributed by atoms with Gasteiger partial charge in [0.2, 0.25) is 0 Å². The molecule has 38 heavy (non-hydrogen) atoms. The fourth-order valence-corrected chi connectivity index (χ4v) is 3.76. The lowest BCUT2D eigenvalue weighted by molar-refractivity contribution is -0.384. The average Bonchev–Trinajstić information content (AvgIpc) is 2.92. The average molecular weight is 511 g/mol. The molecule has 4 aromatic rings. The highest BCUT2D eigenvalue weighted by Crippen LogP contribution is 2.20. The normalized spacial score (nSPS) is 10.3. The van der Waals surface area contributed by atoms with Crippen molar-refractivity contribution in [3.8, 4) is 0 Å². The number of hydrogen-bond donors (Lipinski definition) is 3. The lowest BCUT2D eigenvalue weighted by Crippen LogP contribution is -2.52. The molecule has 10 heteroatoms. The quantitative estimate of drug-likeness (QED) is 0.163. The Labute approximate surface area is 219 Å². The van der Waals surface area contributed by atoms with E-state index in [-0.39, 0.29) is 18.8 Å². The zero-order valence-corrected chi connectivity index (χ0v) is 20.4. The molecule has 0 aliphatic carbocycles. The number of nitrogens with two attached hydrogens (primary N) is 1. The summed E-state index contributed by atoms with van der Waals surface area (Å²) in [6.07, 6.45) is 0. The summed E-state index contributed by atoms with van der Waals surface area (Å²) in [4.78, 5) is 38.1. The molecule has 0 fully saturated rings. The maximum atomic E-state index is 13.6. The van der Waals surface area contributed by atoms with Crippen LogP contribution in [0.1, 0.15) is 11.1 Å². The molecule has 0 unspecified atom stereocenters. The Balaban J connectivity index is 1.73. The number of anilines is 3. The van der Waals surface area contributed by atoms with Crippen LogP contribution in [0.25, 0.3) is 0 Å². The molecule has 0 aliphatic heterocycles. The maximum Gasteiger partial charge on any atom is 0.341 e. The maximum absolute atomic E-state index is 13.6. The molecule has 0 saturated heterocycles. The third-order valence-electron chi connectivity index (χ3n) is 5.55. The van der Waals surface area contributed by atoms with E-state index < -0.39 is 17.0 Å². The highest BCUT2D eigenvalue weighted by atomic mass is 16.6. The largest absolute Gasteiger partial charge is 0.399 e. The van der Waals surface area contributed by atoms with Crippen LogP contribution in [0, 0.1) is 10.1 Å². The van der Waals surface area contributed by atoms with Crippen LogP contribution in [0.2, 0.25) is 0 Å². The minimum Gasteiger partial charge on any atom is -0.399 e. The van der Waals surface area contributed by atoms with Crippen molar-refractivity contribution in [3.05, 3.63) is 130 Å². The van der Waals surface area contributed by atoms with Gasteiger partial charge in [-0.2, -0.15) is 0 Å². The van der Waals surface area contributed by atoms with E-state index in [2.05, 4.69) is 10.6 Å². The van der Waals surface area contributed by atoms with Crippen LogP contribution in [-0.2, 0) is 13.1 Å². The van der Waals surface area contributed by atoms with E-state index >= 15 is 0 Å². The van der Waals surface area contributed by atoms with Crippen LogP contribution >= 0.6 is 0 Å². The van der Waals surface area contributed by atoms with E-state index in [4.69, 9.17) is 5.73 Å². The standard InChI is InChI=1S/C28H26N6O4/c29-23-11-7-9-21(17-23)19-32(27(35)30-24-12-3-1-4-13-24)33(28(36)31-25-14-5-2-6-15-25)20-22-10-8-16-26(18-22)34(37)38/h1-18H,19-20,29H2,(H,30,35)(H,31,36). The Kier molecular flexibility index (Phi) is 8.15. The number of urea groups is 2. The van der Waals surface area contributed by atoms with Gasteiger partial charge in [0.25, 0.3) is 5.69 Å². The number of rotatable bonds is 7. The number of nitro groups is 1. The second-order valence-electron chi connectivity index (χ2n) is 8.38. The van der Waals surface area contributed by atoms with Crippen molar-refractivity contribution in [2.24, 2.45) is 0 Å². The number of carbonyl (C=O) groups excluding carboxylic acids is 2. The van der Waals surface area contributed by atoms with Gasteiger partial charge in [0.1, 0.15) is 0 Å². The van der Waals surface area contributed by atoms with Crippen molar-refractivity contribution < 1.29 is 14.5 Å². The molecule has 10 nitrogen and oxygen atoms in total.